The lowest BCUT2D eigenvalue weighted by Gasteiger charge is -2.24. The summed E-state index contributed by atoms with van der Waals surface area (Å²) in [5.41, 5.74) is 1.21. The standard InChI is InChI=1S/C24H32N4O7/c1-14(2)21(27-18(29)11-12-28-19(30)9-10-20(28)31)23(33)25-15(3)22(32)26-17-8-6-7-16(13-17)24(34-4)35-5/h6-10,13-15,21,24H,11-12H2,1-5H3,(H,25,33)(H,26,32)(H,27,29)/t15-,21?/m0/s1. The van der Waals surface area contributed by atoms with Crippen molar-refractivity contribution in [3.05, 3.63) is 42.0 Å². The highest BCUT2D eigenvalue weighted by Gasteiger charge is 2.28. The van der Waals surface area contributed by atoms with Crippen molar-refractivity contribution in [3.8, 4) is 0 Å². The van der Waals surface area contributed by atoms with Gasteiger partial charge < -0.3 is 25.4 Å². The number of imide groups is 1. The molecule has 190 valence electrons. The summed E-state index contributed by atoms with van der Waals surface area (Å²) in [7, 11) is 3.01. The molecule has 35 heavy (non-hydrogen) atoms. The van der Waals surface area contributed by atoms with E-state index in [0.717, 1.165) is 17.1 Å². The molecule has 1 aromatic carbocycles. The van der Waals surface area contributed by atoms with Crippen LogP contribution >= 0.6 is 0 Å². The minimum absolute atomic E-state index is 0.0895. The van der Waals surface area contributed by atoms with Crippen molar-refractivity contribution in [2.45, 2.75) is 45.6 Å². The van der Waals surface area contributed by atoms with Gasteiger partial charge in [0.1, 0.15) is 12.1 Å². The topological polar surface area (TPSA) is 143 Å². The molecule has 1 aliphatic rings. The van der Waals surface area contributed by atoms with Crippen LogP contribution in [0.4, 0.5) is 5.69 Å². The van der Waals surface area contributed by atoms with Gasteiger partial charge in [-0.3, -0.25) is 28.9 Å². The predicted molar refractivity (Wildman–Crippen MR) is 127 cm³/mol. The molecule has 3 N–H and O–H groups in total. The molecule has 11 heteroatoms. The first-order valence-electron chi connectivity index (χ1n) is 11.2. The average Bonchev–Trinajstić information content (AvgIpc) is 3.13. The molecule has 0 bridgehead atoms. The number of anilines is 1. The molecule has 1 unspecified atom stereocenters. The van der Waals surface area contributed by atoms with Crippen LogP contribution < -0.4 is 16.0 Å². The first kappa shape index (κ1) is 27.7. The number of nitrogens with one attached hydrogen (secondary N) is 3. The quantitative estimate of drug-likeness (QED) is 0.293. The number of ether oxygens (including phenoxy) is 2. The molecule has 1 heterocycles. The summed E-state index contributed by atoms with van der Waals surface area (Å²) >= 11 is 0. The Morgan fingerprint density at radius 2 is 1.57 bits per heavy atom. The fourth-order valence-corrected chi connectivity index (χ4v) is 3.40. The van der Waals surface area contributed by atoms with Gasteiger partial charge >= 0.3 is 0 Å². The van der Waals surface area contributed by atoms with Crippen LogP contribution in [0.5, 0.6) is 0 Å². The van der Waals surface area contributed by atoms with Crippen molar-refractivity contribution in [1.29, 1.82) is 0 Å². The van der Waals surface area contributed by atoms with E-state index in [1.54, 1.807) is 38.1 Å². The molecule has 0 aromatic heterocycles. The zero-order valence-corrected chi connectivity index (χ0v) is 20.5. The Hall–Kier alpha value is -3.57. The number of benzene rings is 1. The maximum atomic E-state index is 12.8. The zero-order valence-electron chi connectivity index (χ0n) is 20.5. The second-order valence-corrected chi connectivity index (χ2v) is 8.35. The maximum Gasteiger partial charge on any atom is 0.253 e. The largest absolute Gasteiger partial charge is 0.352 e. The Bertz CT molecular complexity index is 970. The molecule has 0 saturated heterocycles. The Kier molecular flexibility index (Phi) is 10.1. The van der Waals surface area contributed by atoms with E-state index in [4.69, 9.17) is 9.47 Å². The van der Waals surface area contributed by atoms with Crippen molar-refractivity contribution in [3.63, 3.8) is 0 Å². The Morgan fingerprint density at radius 3 is 2.14 bits per heavy atom. The molecule has 0 radical (unpaired) electrons. The summed E-state index contributed by atoms with van der Waals surface area (Å²) in [6, 6.07) is 5.13. The van der Waals surface area contributed by atoms with E-state index in [2.05, 4.69) is 16.0 Å². The third kappa shape index (κ3) is 7.72. The monoisotopic (exact) mass is 488 g/mol. The number of nitrogens with zero attached hydrogens (tertiary/aromatic N) is 1. The summed E-state index contributed by atoms with van der Waals surface area (Å²) in [5, 5.41) is 7.96. The number of hydrogen-bond donors (Lipinski definition) is 3. The number of rotatable bonds is 12. The number of carbonyl (C=O) groups excluding carboxylic acids is 5. The van der Waals surface area contributed by atoms with E-state index in [1.165, 1.54) is 21.1 Å². The molecule has 0 fully saturated rings. The van der Waals surface area contributed by atoms with E-state index in [0.29, 0.717) is 11.3 Å². The molecule has 11 nitrogen and oxygen atoms in total. The van der Waals surface area contributed by atoms with Crippen molar-refractivity contribution in [1.82, 2.24) is 15.5 Å². The van der Waals surface area contributed by atoms with Gasteiger partial charge in [-0.2, -0.15) is 0 Å². The lowest BCUT2D eigenvalue weighted by Crippen LogP contribution is -2.54. The van der Waals surface area contributed by atoms with Crippen LogP contribution in [-0.4, -0.2) is 67.3 Å². The molecule has 0 spiro atoms. The van der Waals surface area contributed by atoms with Crippen molar-refractivity contribution >= 4 is 35.2 Å². The van der Waals surface area contributed by atoms with Crippen LogP contribution in [0.15, 0.2) is 36.4 Å². The van der Waals surface area contributed by atoms with Crippen LogP contribution in [-0.2, 0) is 33.4 Å². The summed E-state index contributed by atoms with van der Waals surface area (Å²) in [5.74, 6) is -2.71. The molecule has 1 aromatic rings. The lowest BCUT2D eigenvalue weighted by atomic mass is 10.0. The second kappa shape index (κ2) is 12.8. The van der Waals surface area contributed by atoms with Gasteiger partial charge in [0.05, 0.1) is 0 Å². The first-order chi connectivity index (χ1) is 16.6. The summed E-state index contributed by atoms with van der Waals surface area (Å²) in [6.45, 7) is 4.94. The van der Waals surface area contributed by atoms with Crippen molar-refractivity contribution < 1.29 is 33.4 Å². The van der Waals surface area contributed by atoms with Gasteiger partial charge in [0.15, 0.2) is 6.29 Å². The highest BCUT2D eigenvalue weighted by Crippen LogP contribution is 2.20. The Labute approximate surface area is 204 Å². The first-order valence-corrected chi connectivity index (χ1v) is 11.2. The minimum atomic E-state index is -0.909. The average molecular weight is 489 g/mol. The highest BCUT2D eigenvalue weighted by molar-refractivity contribution is 6.13. The number of methoxy groups -OCH3 is 2. The summed E-state index contributed by atoms with van der Waals surface area (Å²) in [6.07, 6.45) is 1.55. The van der Waals surface area contributed by atoms with Crippen LogP contribution in [0.3, 0.4) is 0 Å². The van der Waals surface area contributed by atoms with Crippen LogP contribution in [0.1, 0.15) is 39.0 Å². The van der Waals surface area contributed by atoms with Gasteiger partial charge in [-0.05, 0) is 25.0 Å². The van der Waals surface area contributed by atoms with Gasteiger partial charge in [-0.1, -0.05) is 26.0 Å². The van der Waals surface area contributed by atoms with Gasteiger partial charge in [0, 0.05) is 50.6 Å². The van der Waals surface area contributed by atoms with E-state index in [9.17, 15) is 24.0 Å². The molecule has 1 aliphatic heterocycles. The van der Waals surface area contributed by atoms with Crippen molar-refractivity contribution in [2.24, 2.45) is 5.92 Å². The fraction of sp³-hybridized carbons (Fsp3) is 0.458. The Morgan fingerprint density at radius 1 is 0.943 bits per heavy atom. The normalized spacial score (nSPS) is 14.9. The molecule has 0 aliphatic carbocycles. The smallest absolute Gasteiger partial charge is 0.253 e. The van der Waals surface area contributed by atoms with Gasteiger partial charge in [-0.25, -0.2) is 0 Å². The number of hydrogen-bond acceptors (Lipinski definition) is 7. The zero-order chi connectivity index (χ0) is 26.1. The van der Waals surface area contributed by atoms with E-state index in [1.807, 2.05) is 0 Å². The molecule has 5 amide bonds. The number of amides is 5. The highest BCUT2D eigenvalue weighted by atomic mass is 16.7. The van der Waals surface area contributed by atoms with E-state index < -0.39 is 47.9 Å². The molecule has 2 rings (SSSR count). The molecular weight excluding hydrogens is 456 g/mol. The minimum Gasteiger partial charge on any atom is -0.352 e. The van der Waals surface area contributed by atoms with E-state index in [-0.39, 0.29) is 18.9 Å². The molecule has 2 atom stereocenters. The summed E-state index contributed by atoms with van der Waals surface area (Å²) in [4.78, 5) is 62.0. The maximum absolute atomic E-state index is 12.8. The van der Waals surface area contributed by atoms with Gasteiger partial charge in [-0.15, -0.1) is 0 Å². The fourth-order valence-electron chi connectivity index (χ4n) is 3.40. The number of carbonyl (C=O) groups is 5. The predicted octanol–water partition coefficient (Wildman–Crippen LogP) is 0.877. The van der Waals surface area contributed by atoms with Gasteiger partial charge in [0.2, 0.25) is 17.7 Å². The van der Waals surface area contributed by atoms with Gasteiger partial charge in [0.25, 0.3) is 11.8 Å². The lowest BCUT2D eigenvalue weighted by molar-refractivity contribution is -0.137. The Balaban J connectivity index is 1.92. The van der Waals surface area contributed by atoms with Crippen LogP contribution in [0.25, 0.3) is 0 Å². The summed E-state index contributed by atoms with van der Waals surface area (Å²) < 4.78 is 10.4. The third-order valence-corrected chi connectivity index (χ3v) is 5.34. The van der Waals surface area contributed by atoms with Crippen molar-refractivity contribution in [2.75, 3.05) is 26.1 Å². The van der Waals surface area contributed by atoms with Crippen LogP contribution in [0, 0.1) is 5.92 Å². The molecular formula is C24H32N4O7. The third-order valence-electron chi connectivity index (χ3n) is 5.34. The molecule has 0 saturated carbocycles. The SMILES string of the molecule is COC(OC)c1cccc(NC(=O)[C@H](C)NC(=O)C(NC(=O)CCN2C(=O)C=CC2=O)C(C)C)c1. The van der Waals surface area contributed by atoms with E-state index >= 15 is 0 Å². The van der Waals surface area contributed by atoms with Crippen LogP contribution in [0.2, 0.25) is 0 Å². The second-order valence-electron chi connectivity index (χ2n) is 8.35.